The summed E-state index contributed by atoms with van der Waals surface area (Å²) in [7, 11) is -3.58. The molecule has 1 aromatic heterocycles. The second-order valence-electron chi connectivity index (χ2n) is 5.26. The van der Waals surface area contributed by atoms with Crippen molar-refractivity contribution < 1.29 is 13.2 Å². The number of rotatable bonds is 4. The molecule has 1 atom stereocenters. The highest BCUT2D eigenvalue weighted by Gasteiger charge is 2.31. The van der Waals surface area contributed by atoms with Gasteiger partial charge >= 0.3 is 0 Å². The van der Waals surface area contributed by atoms with Crippen LogP contribution in [-0.4, -0.2) is 42.1 Å². The minimum atomic E-state index is -3.58. The number of aromatic nitrogens is 2. The molecular weight excluding hydrogens is 338 g/mol. The summed E-state index contributed by atoms with van der Waals surface area (Å²) in [6.45, 7) is 0.751. The number of halogens is 1. The highest BCUT2D eigenvalue weighted by atomic mass is 35.5. The van der Waals surface area contributed by atoms with Gasteiger partial charge in [0.15, 0.2) is 0 Å². The highest BCUT2D eigenvalue weighted by molar-refractivity contribution is 7.89. The Morgan fingerprint density at radius 2 is 2.13 bits per heavy atom. The first-order chi connectivity index (χ1) is 11.1. The van der Waals surface area contributed by atoms with Crippen molar-refractivity contribution in [3.8, 4) is 5.88 Å². The van der Waals surface area contributed by atoms with Gasteiger partial charge in [-0.25, -0.2) is 8.42 Å². The lowest BCUT2D eigenvalue weighted by molar-refractivity contribution is 0.123. The maximum absolute atomic E-state index is 12.7. The molecule has 1 aromatic carbocycles. The van der Waals surface area contributed by atoms with Crippen LogP contribution in [0.3, 0.4) is 0 Å². The predicted molar refractivity (Wildman–Crippen MR) is 85.9 cm³/mol. The molecule has 0 amide bonds. The second-order valence-corrected chi connectivity index (χ2v) is 7.64. The van der Waals surface area contributed by atoms with E-state index >= 15 is 0 Å². The van der Waals surface area contributed by atoms with E-state index in [0.717, 1.165) is 12.8 Å². The molecule has 2 aromatic rings. The van der Waals surface area contributed by atoms with Crippen LogP contribution in [0.1, 0.15) is 12.8 Å². The van der Waals surface area contributed by atoms with Crippen LogP contribution in [0.15, 0.2) is 47.5 Å². The van der Waals surface area contributed by atoms with Gasteiger partial charge in [-0.15, -0.1) is 5.10 Å². The van der Waals surface area contributed by atoms with E-state index in [2.05, 4.69) is 10.2 Å². The Morgan fingerprint density at radius 1 is 1.26 bits per heavy atom. The Bertz CT molecular complexity index is 771. The van der Waals surface area contributed by atoms with E-state index < -0.39 is 10.0 Å². The van der Waals surface area contributed by atoms with Crippen molar-refractivity contribution in [3.05, 3.63) is 47.6 Å². The molecule has 1 fully saturated rings. The Kier molecular flexibility index (Phi) is 4.79. The maximum atomic E-state index is 12.7. The third-order valence-corrected chi connectivity index (χ3v) is 5.71. The van der Waals surface area contributed by atoms with Crippen LogP contribution in [0.2, 0.25) is 5.02 Å². The first-order valence-electron chi connectivity index (χ1n) is 7.26. The Hall–Kier alpha value is -1.70. The van der Waals surface area contributed by atoms with Gasteiger partial charge in [0, 0.05) is 23.8 Å². The molecule has 1 aliphatic heterocycles. The zero-order valence-electron chi connectivity index (χ0n) is 12.3. The predicted octanol–water partition coefficient (Wildman–Crippen LogP) is 2.36. The van der Waals surface area contributed by atoms with Crippen molar-refractivity contribution in [1.82, 2.24) is 14.5 Å². The number of ether oxygens (including phenoxy) is 1. The summed E-state index contributed by atoms with van der Waals surface area (Å²) in [6, 6.07) is 9.73. The first-order valence-corrected chi connectivity index (χ1v) is 9.07. The SMILES string of the molecule is O=S(=O)(c1cccc(Cl)c1)N1CCCC(Oc2cccnn2)C1. The molecular formula is C15H16ClN3O3S. The molecule has 0 N–H and O–H groups in total. The number of benzene rings is 1. The van der Waals surface area contributed by atoms with Gasteiger partial charge < -0.3 is 4.74 Å². The smallest absolute Gasteiger partial charge is 0.243 e. The molecule has 0 spiro atoms. The summed E-state index contributed by atoms with van der Waals surface area (Å²) in [5, 5.41) is 8.02. The molecule has 0 saturated carbocycles. The van der Waals surface area contributed by atoms with Crippen LogP contribution >= 0.6 is 11.6 Å². The standard InChI is InChI=1S/C15H16ClN3O3S/c16-12-4-1-6-14(10-12)23(20,21)19-9-3-5-13(11-19)22-15-7-2-8-17-18-15/h1-2,4,6-8,10,13H,3,5,9,11H2. The normalized spacial score (nSPS) is 19.4. The number of hydrogen-bond acceptors (Lipinski definition) is 5. The number of sulfonamides is 1. The second kappa shape index (κ2) is 6.82. The Labute approximate surface area is 140 Å². The van der Waals surface area contributed by atoms with Crippen LogP contribution in [0, 0.1) is 0 Å². The lowest BCUT2D eigenvalue weighted by Crippen LogP contribution is -2.44. The van der Waals surface area contributed by atoms with E-state index in [1.165, 1.54) is 10.4 Å². The molecule has 23 heavy (non-hydrogen) atoms. The molecule has 3 rings (SSSR count). The van der Waals surface area contributed by atoms with Gasteiger partial charge in [0.1, 0.15) is 6.10 Å². The topological polar surface area (TPSA) is 72.4 Å². The van der Waals surface area contributed by atoms with E-state index in [4.69, 9.17) is 16.3 Å². The molecule has 8 heteroatoms. The molecule has 0 bridgehead atoms. The number of hydrogen-bond donors (Lipinski definition) is 0. The van der Waals surface area contributed by atoms with E-state index in [-0.39, 0.29) is 17.5 Å². The fourth-order valence-corrected chi connectivity index (χ4v) is 4.33. The van der Waals surface area contributed by atoms with Crippen molar-refractivity contribution in [2.24, 2.45) is 0 Å². The van der Waals surface area contributed by atoms with Gasteiger partial charge in [-0.2, -0.15) is 9.40 Å². The molecule has 1 aliphatic rings. The fourth-order valence-electron chi connectivity index (χ4n) is 2.52. The average Bonchev–Trinajstić information content (AvgIpc) is 2.56. The summed E-state index contributed by atoms with van der Waals surface area (Å²) in [5.41, 5.74) is 0. The molecule has 0 radical (unpaired) electrons. The van der Waals surface area contributed by atoms with E-state index in [1.807, 2.05) is 0 Å². The van der Waals surface area contributed by atoms with Crippen LogP contribution in [-0.2, 0) is 10.0 Å². The van der Waals surface area contributed by atoms with Crippen LogP contribution < -0.4 is 4.74 Å². The first kappa shape index (κ1) is 16.2. The maximum Gasteiger partial charge on any atom is 0.243 e. The van der Waals surface area contributed by atoms with Gasteiger partial charge in [-0.1, -0.05) is 17.7 Å². The van der Waals surface area contributed by atoms with Crippen molar-refractivity contribution in [3.63, 3.8) is 0 Å². The third-order valence-electron chi connectivity index (χ3n) is 3.61. The van der Waals surface area contributed by atoms with Crippen molar-refractivity contribution in [2.75, 3.05) is 13.1 Å². The van der Waals surface area contributed by atoms with Crippen molar-refractivity contribution in [2.45, 2.75) is 23.8 Å². The molecule has 1 saturated heterocycles. The summed E-state index contributed by atoms with van der Waals surface area (Å²) >= 11 is 5.90. The highest BCUT2D eigenvalue weighted by Crippen LogP contribution is 2.24. The Balaban J connectivity index is 1.75. The van der Waals surface area contributed by atoms with Crippen molar-refractivity contribution >= 4 is 21.6 Å². The molecule has 122 valence electrons. The fraction of sp³-hybridized carbons (Fsp3) is 0.333. The molecule has 2 heterocycles. The minimum absolute atomic E-state index is 0.199. The Morgan fingerprint density at radius 3 is 2.87 bits per heavy atom. The monoisotopic (exact) mass is 353 g/mol. The molecule has 6 nitrogen and oxygen atoms in total. The lowest BCUT2D eigenvalue weighted by atomic mass is 10.1. The summed E-state index contributed by atoms with van der Waals surface area (Å²) < 4.78 is 32.6. The number of nitrogens with zero attached hydrogens (tertiary/aromatic N) is 3. The van der Waals surface area contributed by atoms with Gasteiger partial charge in [0.2, 0.25) is 15.9 Å². The van der Waals surface area contributed by atoms with Gasteiger partial charge in [0.25, 0.3) is 0 Å². The van der Waals surface area contributed by atoms with E-state index in [9.17, 15) is 8.42 Å². The largest absolute Gasteiger partial charge is 0.472 e. The zero-order chi connectivity index (χ0) is 16.3. The number of piperidine rings is 1. The zero-order valence-corrected chi connectivity index (χ0v) is 13.9. The summed E-state index contributed by atoms with van der Waals surface area (Å²) in [4.78, 5) is 0.199. The van der Waals surface area contributed by atoms with Gasteiger partial charge in [-0.05, 0) is 37.1 Å². The quantitative estimate of drug-likeness (QED) is 0.843. The molecule has 0 aliphatic carbocycles. The minimum Gasteiger partial charge on any atom is -0.472 e. The van der Waals surface area contributed by atoms with Crippen molar-refractivity contribution in [1.29, 1.82) is 0 Å². The van der Waals surface area contributed by atoms with E-state index in [0.29, 0.717) is 17.4 Å². The van der Waals surface area contributed by atoms with Crippen LogP contribution in [0.5, 0.6) is 5.88 Å². The van der Waals surface area contributed by atoms with Gasteiger partial charge in [0.05, 0.1) is 11.4 Å². The summed E-state index contributed by atoms with van der Waals surface area (Å²) in [5.74, 6) is 0.402. The third kappa shape index (κ3) is 3.80. The van der Waals surface area contributed by atoms with Gasteiger partial charge in [-0.3, -0.25) is 0 Å². The lowest BCUT2D eigenvalue weighted by Gasteiger charge is -2.31. The van der Waals surface area contributed by atoms with Crippen LogP contribution in [0.4, 0.5) is 0 Å². The summed E-state index contributed by atoms with van der Waals surface area (Å²) in [6.07, 6.45) is 2.82. The van der Waals surface area contributed by atoms with E-state index in [1.54, 1.807) is 36.5 Å². The van der Waals surface area contributed by atoms with Crippen LogP contribution in [0.25, 0.3) is 0 Å². The molecule has 1 unspecified atom stereocenters. The average molecular weight is 354 g/mol.